The molecule has 1 aromatic rings. The first-order valence-electron chi connectivity index (χ1n) is 6.32. The first-order valence-corrected chi connectivity index (χ1v) is 6.32. The average Bonchev–Trinajstić information content (AvgIpc) is 2.43. The van der Waals surface area contributed by atoms with Crippen molar-refractivity contribution in [1.82, 2.24) is 10.2 Å². The van der Waals surface area contributed by atoms with Crippen molar-refractivity contribution in [3.63, 3.8) is 0 Å². The molecule has 0 saturated heterocycles. The van der Waals surface area contributed by atoms with Crippen molar-refractivity contribution >= 4 is 0 Å². The summed E-state index contributed by atoms with van der Waals surface area (Å²) in [5, 5.41) is 3.42. The normalized spacial score (nSPS) is 18.1. The van der Waals surface area contributed by atoms with Crippen molar-refractivity contribution in [3.05, 3.63) is 17.2 Å². The molecule has 2 rings (SSSR count). The van der Waals surface area contributed by atoms with Crippen LogP contribution >= 0.6 is 0 Å². The number of hydrogen-bond acceptors (Lipinski definition) is 5. The molecule has 0 aliphatic carbocycles. The lowest BCUT2D eigenvalue weighted by Crippen LogP contribution is -2.36. The van der Waals surface area contributed by atoms with Gasteiger partial charge in [-0.2, -0.15) is 0 Å². The summed E-state index contributed by atoms with van der Waals surface area (Å²) in [6.07, 6.45) is 0. The fraction of sp³-hybridized carbons (Fsp3) is 0.571. The summed E-state index contributed by atoms with van der Waals surface area (Å²) >= 11 is 0. The summed E-state index contributed by atoms with van der Waals surface area (Å²) in [5.41, 5.74) is 2.38. The Morgan fingerprint density at radius 3 is 2.32 bits per heavy atom. The Hall–Kier alpha value is -1.46. The molecule has 0 bridgehead atoms. The van der Waals surface area contributed by atoms with E-state index in [9.17, 15) is 0 Å². The highest BCUT2D eigenvalue weighted by molar-refractivity contribution is 5.60. The SMILES string of the molecule is COc1cc2c(c(OC)c1OC)[C@@H](N(C)C)CNC2. The zero-order chi connectivity index (χ0) is 14.0. The van der Waals surface area contributed by atoms with Gasteiger partial charge in [-0.3, -0.25) is 0 Å². The van der Waals surface area contributed by atoms with Gasteiger partial charge in [-0.15, -0.1) is 0 Å². The van der Waals surface area contributed by atoms with Gasteiger partial charge in [0.2, 0.25) is 5.75 Å². The second-order valence-electron chi connectivity index (χ2n) is 4.83. The van der Waals surface area contributed by atoms with E-state index in [-0.39, 0.29) is 6.04 Å². The topological polar surface area (TPSA) is 43.0 Å². The van der Waals surface area contributed by atoms with E-state index < -0.39 is 0 Å². The van der Waals surface area contributed by atoms with Gasteiger partial charge in [0.25, 0.3) is 0 Å². The van der Waals surface area contributed by atoms with Crippen LogP contribution in [0.4, 0.5) is 0 Å². The molecular formula is C14H22N2O3. The highest BCUT2D eigenvalue weighted by Gasteiger charge is 2.29. The molecule has 0 amide bonds. The molecule has 1 atom stereocenters. The maximum absolute atomic E-state index is 5.60. The molecule has 5 heteroatoms. The Balaban J connectivity index is 2.65. The zero-order valence-electron chi connectivity index (χ0n) is 12.2. The maximum atomic E-state index is 5.60. The van der Waals surface area contributed by atoms with Crippen molar-refractivity contribution in [2.75, 3.05) is 42.0 Å². The summed E-state index contributed by atoms with van der Waals surface area (Å²) in [6, 6.07) is 2.29. The van der Waals surface area contributed by atoms with Gasteiger partial charge in [-0.25, -0.2) is 0 Å². The van der Waals surface area contributed by atoms with E-state index in [1.807, 2.05) is 6.07 Å². The van der Waals surface area contributed by atoms with Crippen LogP contribution in [-0.2, 0) is 6.54 Å². The fourth-order valence-electron chi connectivity index (χ4n) is 2.63. The Morgan fingerprint density at radius 1 is 1.11 bits per heavy atom. The lowest BCUT2D eigenvalue weighted by Gasteiger charge is -2.33. The molecule has 1 N–H and O–H groups in total. The summed E-state index contributed by atoms with van der Waals surface area (Å²) in [6.45, 7) is 1.71. The molecule has 1 aromatic carbocycles. The van der Waals surface area contributed by atoms with E-state index in [1.165, 1.54) is 11.1 Å². The van der Waals surface area contributed by atoms with Gasteiger partial charge in [-0.1, -0.05) is 0 Å². The van der Waals surface area contributed by atoms with Crippen LogP contribution in [0.25, 0.3) is 0 Å². The Bertz CT molecular complexity index is 460. The fourth-order valence-corrected chi connectivity index (χ4v) is 2.63. The number of fused-ring (bicyclic) bond motifs is 1. The van der Waals surface area contributed by atoms with Gasteiger partial charge in [0, 0.05) is 18.7 Å². The molecule has 0 fully saturated rings. The van der Waals surface area contributed by atoms with Crippen LogP contribution in [0.5, 0.6) is 17.2 Å². The third-order valence-corrected chi connectivity index (χ3v) is 3.56. The number of likely N-dealkylation sites (N-methyl/N-ethyl adjacent to an activating group) is 1. The van der Waals surface area contributed by atoms with Gasteiger partial charge in [0.15, 0.2) is 11.5 Å². The van der Waals surface area contributed by atoms with Crippen LogP contribution in [0.1, 0.15) is 17.2 Å². The first-order chi connectivity index (χ1) is 9.13. The second-order valence-corrected chi connectivity index (χ2v) is 4.83. The molecule has 0 radical (unpaired) electrons. The summed E-state index contributed by atoms with van der Waals surface area (Å²) in [5.74, 6) is 2.15. The number of nitrogens with one attached hydrogen (secondary N) is 1. The van der Waals surface area contributed by atoms with E-state index in [0.717, 1.165) is 18.8 Å². The van der Waals surface area contributed by atoms with Crippen LogP contribution in [0, 0.1) is 0 Å². The Morgan fingerprint density at radius 2 is 1.79 bits per heavy atom. The van der Waals surface area contributed by atoms with Crippen molar-refractivity contribution in [1.29, 1.82) is 0 Å². The van der Waals surface area contributed by atoms with Crippen LogP contribution in [-0.4, -0.2) is 46.9 Å². The lowest BCUT2D eigenvalue weighted by atomic mass is 9.94. The molecule has 106 valence electrons. The van der Waals surface area contributed by atoms with Crippen molar-refractivity contribution in [2.24, 2.45) is 0 Å². The molecule has 0 aromatic heterocycles. The molecule has 0 saturated carbocycles. The Labute approximate surface area is 114 Å². The van der Waals surface area contributed by atoms with Crippen LogP contribution in [0.3, 0.4) is 0 Å². The van der Waals surface area contributed by atoms with Gasteiger partial charge in [-0.05, 0) is 25.7 Å². The number of benzene rings is 1. The summed E-state index contributed by atoms with van der Waals surface area (Å²) in [7, 11) is 9.09. The Kier molecular flexibility index (Phi) is 4.17. The van der Waals surface area contributed by atoms with E-state index in [1.54, 1.807) is 21.3 Å². The molecule has 1 aliphatic heterocycles. The minimum Gasteiger partial charge on any atom is -0.493 e. The van der Waals surface area contributed by atoms with E-state index in [4.69, 9.17) is 14.2 Å². The largest absolute Gasteiger partial charge is 0.493 e. The smallest absolute Gasteiger partial charge is 0.203 e. The number of ether oxygens (including phenoxy) is 3. The monoisotopic (exact) mass is 266 g/mol. The lowest BCUT2D eigenvalue weighted by molar-refractivity contribution is 0.258. The van der Waals surface area contributed by atoms with Gasteiger partial charge >= 0.3 is 0 Å². The van der Waals surface area contributed by atoms with Gasteiger partial charge in [0.05, 0.1) is 27.4 Å². The first kappa shape index (κ1) is 14.0. The summed E-state index contributed by atoms with van der Waals surface area (Å²) in [4.78, 5) is 2.18. The van der Waals surface area contributed by atoms with Crippen LogP contribution in [0.15, 0.2) is 6.07 Å². The quantitative estimate of drug-likeness (QED) is 0.893. The molecule has 19 heavy (non-hydrogen) atoms. The van der Waals surface area contributed by atoms with Gasteiger partial charge < -0.3 is 24.4 Å². The average molecular weight is 266 g/mol. The predicted octanol–water partition coefficient (Wildman–Crippen LogP) is 1.42. The number of rotatable bonds is 4. The second kappa shape index (κ2) is 5.67. The van der Waals surface area contributed by atoms with E-state index in [2.05, 4.69) is 24.3 Å². The van der Waals surface area contributed by atoms with E-state index in [0.29, 0.717) is 11.5 Å². The molecule has 1 heterocycles. The molecular weight excluding hydrogens is 244 g/mol. The van der Waals surface area contributed by atoms with Gasteiger partial charge in [0.1, 0.15) is 0 Å². The number of hydrogen-bond donors (Lipinski definition) is 1. The van der Waals surface area contributed by atoms with E-state index >= 15 is 0 Å². The molecule has 1 aliphatic rings. The minimum atomic E-state index is 0.263. The summed E-state index contributed by atoms with van der Waals surface area (Å²) < 4.78 is 16.5. The third-order valence-electron chi connectivity index (χ3n) is 3.56. The number of methoxy groups -OCH3 is 3. The van der Waals surface area contributed by atoms with Crippen LogP contribution < -0.4 is 19.5 Å². The molecule has 5 nitrogen and oxygen atoms in total. The van der Waals surface area contributed by atoms with Crippen LogP contribution in [0.2, 0.25) is 0 Å². The standard InChI is InChI=1S/C14H22N2O3/c1-16(2)10-8-15-7-9-6-11(17-3)13(18-4)14(19-5)12(9)10/h6,10,15H,7-8H2,1-5H3/t10-/m0/s1. The minimum absolute atomic E-state index is 0.263. The molecule has 0 spiro atoms. The highest BCUT2D eigenvalue weighted by atomic mass is 16.5. The highest BCUT2D eigenvalue weighted by Crippen LogP contribution is 2.46. The zero-order valence-corrected chi connectivity index (χ0v) is 12.2. The van der Waals surface area contributed by atoms with Crippen molar-refractivity contribution < 1.29 is 14.2 Å². The van der Waals surface area contributed by atoms with Crippen molar-refractivity contribution in [3.8, 4) is 17.2 Å². The van der Waals surface area contributed by atoms with Crippen molar-refractivity contribution in [2.45, 2.75) is 12.6 Å². The predicted molar refractivity (Wildman–Crippen MR) is 74.2 cm³/mol. The number of nitrogens with zero attached hydrogens (tertiary/aromatic N) is 1. The third kappa shape index (κ3) is 2.35. The molecule has 0 unspecified atom stereocenters. The maximum Gasteiger partial charge on any atom is 0.203 e.